The number of rotatable bonds is 2. The second-order valence-corrected chi connectivity index (χ2v) is 8.29. The van der Waals surface area contributed by atoms with Gasteiger partial charge in [0, 0.05) is 74.4 Å². The molecule has 6 nitrogen and oxygen atoms in total. The summed E-state index contributed by atoms with van der Waals surface area (Å²) in [6, 6.07) is 7.71. The molecule has 0 unspecified atom stereocenters. The van der Waals surface area contributed by atoms with Gasteiger partial charge in [-0.15, -0.1) is 0 Å². The van der Waals surface area contributed by atoms with Crippen molar-refractivity contribution in [3.05, 3.63) is 52.7 Å². The van der Waals surface area contributed by atoms with Gasteiger partial charge in [0.15, 0.2) is 0 Å². The van der Waals surface area contributed by atoms with E-state index in [1.165, 1.54) is 0 Å². The van der Waals surface area contributed by atoms with Crippen LogP contribution < -0.4 is 5.56 Å². The van der Waals surface area contributed by atoms with Gasteiger partial charge in [0.2, 0.25) is 5.91 Å². The highest BCUT2D eigenvalue weighted by molar-refractivity contribution is 5.79. The highest BCUT2D eigenvalue weighted by Gasteiger charge is 2.38. The number of hydrogen-bond acceptors (Lipinski definition) is 4. The fourth-order valence-corrected chi connectivity index (χ4v) is 5.04. The number of piperidine rings is 1. The van der Waals surface area contributed by atoms with E-state index in [0.29, 0.717) is 32.2 Å². The van der Waals surface area contributed by atoms with E-state index in [1.54, 1.807) is 18.5 Å². The summed E-state index contributed by atoms with van der Waals surface area (Å²) in [5.74, 6) is 0.950. The minimum Gasteiger partial charge on any atom is -0.381 e. The quantitative estimate of drug-likeness (QED) is 0.803. The zero-order valence-electron chi connectivity index (χ0n) is 15.9. The molecule has 2 bridgehead atoms. The highest BCUT2D eigenvalue weighted by Crippen LogP contribution is 2.37. The van der Waals surface area contributed by atoms with Gasteiger partial charge >= 0.3 is 0 Å². The molecule has 2 aromatic rings. The van der Waals surface area contributed by atoms with Crippen molar-refractivity contribution in [2.24, 2.45) is 11.8 Å². The zero-order valence-corrected chi connectivity index (χ0v) is 15.9. The topological polar surface area (TPSA) is 64.4 Å². The Morgan fingerprint density at radius 2 is 1.96 bits per heavy atom. The van der Waals surface area contributed by atoms with Gasteiger partial charge in [-0.2, -0.15) is 0 Å². The van der Waals surface area contributed by atoms with Crippen molar-refractivity contribution >= 4 is 5.91 Å². The molecule has 146 valence electrons. The van der Waals surface area contributed by atoms with Crippen molar-refractivity contribution in [2.75, 3.05) is 26.3 Å². The molecule has 3 aliphatic rings. The maximum absolute atomic E-state index is 13.0. The van der Waals surface area contributed by atoms with Crippen LogP contribution in [0.1, 0.15) is 30.9 Å². The van der Waals surface area contributed by atoms with Crippen molar-refractivity contribution in [2.45, 2.75) is 31.7 Å². The molecule has 2 fully saturated rings. The van der Waals surface area contributed by atoms with E-state index in [1.807, 2.05) is 16.7 Å². The molecule has 6 heteroatoms. The molecule has 0 N–H and O–H groups in total. The molecule has 0 saturated carbocycles. The van der Waals surface area contributed by atoms with Crippen LogP contribution in [0, 0.1) is 11.8 Å². The number of amides is 1. The molecule has 0 spiro atoms. The Hall–Kier alpha value is -2.47. The summed E-state index contributed by atoms with van der Waals surface area (Å²) in [5, 5.41) is 0. The van der Waals surface area contributed by atoms with Crippen LogP contribution in [0.4, 0.5) is 0 Å². The monoisotopic (exact) mass is 379 g/mol. The largest absolute Gasteiger partial charge is 0.381 e. The first kappa shape index (κ1) is 17.6. The van der Waals surface area contributed by atoms with Crippen LogP contribution in [0.3, 0.4) is 0 Å². The maximum atomic E-state index is 13.0. The SMILES string of the molecule is O=C(C1CCOCC1)N1C[C@@H]2C[C@H](C1)c1cc(-c3cccnc3)cc(=O)n1C2. The minimum absolute atomic E-state index is 0.0512. The van der Waals surface area contributed by atoms with Crippen LogP contribution in [0.5, 0.6) is 0 Å². The lowest BCUT2D eigenvalue weighted by atomic mass is 9.81. The third kappa shape index (κ3) is 3.15. The number of hydrogen-bond donors (Lipinski definition) is 0. The second-order valence-electron chi connectivity index (χ2n) is 8.29. The number of likely N-dealkylation sites (tertiary alicyclic amines) is 1. The number of pyridine rings is 2. The lowest BCUT2D eigenvalue weighted by Gasteiger charge is -2.44. The molecule has 0 aromatic carbocycles. The van der Waals surface area contributed by atoms with Crippen molar-refractivity contribution in [3.63, 3.8) is 0 Å². The number of ether oxygens (including phenoxy) is 1. The van der Waals surface area contributed by atoms with Gasteiger partial charge in [0.05, 0.1) is 0 Å². The van der Waals surface area contributed by atoms with Gasteiger partial charge in [0.25, 0.3) is 5.56 Å². The fraction of sp³-hybridized carbons (Fsp3) is 0.500. The molecular formula is C22H25N3O3. The number of nitrogens with zero attached hydrogens (tertiary/aromatic N) is 3. The molecule has 5 rings (SSSR count). The van der Waals surface area contributed by atoms with Gasteiger partial charge in [0.1, 0.15) is 0 Å². The van der Waals surface area contributed by atoms with Crippen LogP contribution in [-0.4, -0.2) is 46.7 Å². The highest BCUT2D eigenvalue weighted by atomic mass is 16.5. The normalized spacial score (nSPS) is 24.6. The lowest BCUT2D eigenvalue weighted by Crippen LogP contribution is -2.51. The molecular weight excluding hydrogens is 354 g/mol. The van der Waals surface area contributed by atoms with E-state index in [0.717, 1.165) is 42.6 Å². The van der Waals surface area contributed by atoms with Gasteiger partial charge in [-0.1, -0.05) is 6.07 Å². The molecule has 5 heterocycles. The van der Waals surface area contributed by atoms with Crippen LogP contribution >= 0.6 is 0 Å². The Labute approximate surface area is 164 Å². The summed E-state index contributed by atoms with van der Waals surface area (Å²) >= 11 is 0. The Morgan fingerprint density at radius 3 is 2.75 bits per heavy atom. The van der Waals surface area contributed by atoms with Crippen LogP contribution in [-0.2, 0) is 16.1 Å². The Morgan fingerprint density at radius 1 is 1.11 bits per heavy atom. The first-order valence-corrected chi connectivity index (χ1v) is 10.2. The number of carbonyl (C=O) groups is 1. The first-order valence-electron chi connectivity index (χ1n) is 10.2. The van der Waals surface area contributed by atoms with E-state index in [4.69, 9.17) is 4.74 Å². The van der Waals surface area contributed by atoms with Crippen LogP contribution in [0.2, 0.25) is 0 Å². The molecule has 2 saturated heterocycles. The van der Waals surface area contributed by atoms with Crippen LogP contribution in [0.25, 0.3) is 11.1 Å². The Kier molecular flexibility index (Phi) is 4.51. The minimum atomic E-state index is 0.0512. The van der Waals surface area contributed by atoms with E-state index in [9.17, 15) is 9.59 Å². The predicted octanol–water partition coefficient (Wildman–Crippen LogP) is 2.28. The van der Waals surface area contributed by atoms with Gasteiger partial charge in [-0.25, -0.2) is 0 Å². The second kappa shape index (κ2) is 7.17. The third-order valence-electron chi connectivity index (χ3n) is 6.43. The van der Waals surface area contributed by atoms with E-state index in [2.05, 4.69) is 16.0 Å². The third-order valence-corrected chi connectivity index (χ3v) is 6.43. The van der Waals surface area contributed by atoms with E-state index < -0.39 is 0 Å². The van der Waals surface area contributed by atoms with Gasteiger partial charge in [-0.05, 0) is 42.9 Å². The standard InChI is InChI=1S/C22H25N3O3/c26-21-10-18(17-2-1-5-23-11-17)9-20-19-8-15(13-25(20)21)12-24(14-19)22(27)16-3-6-28-7-4-16/h1-2,5,9-11,15-16,19H,3-4,6-8,12-14H2/t15-,19+/m0/s1. The summed E-state index contributed by atoms with van der Waals surface area (Å²) in [6.07, 6.45) is 6.23. The molecule has 2 aromatic heterocycles. The number of carbonyl (C=O) groups excluding carboxylic acids is 1. The van der Waals surface area contributed by atoms with Gasteiger partial charge in [-0.3, -0.25) is 14.6 Å². The maximum Gasteiger partial charge on any atom is 0.251 e. The number of fused-ring (bicyclic) bond motifs is 4. The zero-order chi connectivity index (χ0) is 19.1. The summed E-state index contributed by atoms with van der Waals surface area (Å²) < 4.78 is 7.34. The average Bonchev–Trinajstić information content (AvgIpc) is 2.75. The van der Waals surface area contributed by atoms with Gasteiger partial charge < -0.3 is 14.2 Å². The predicted molar refractivity (Wildman–Crippen MR) is 105 cm³/mol. The molecule has 3 aliphatic heterocycles. The molecule has 0 aliphatic carbocycles. The molecule has 28 heavy (non-hydrogen) atoms. The van der Waals surface area contributed by atoms with Crippen molar-refractivity contribution in [3.8, 4) is 11.1 Å². The van der Waals surface area contributed by atoms with Crippen molar-refractivity contribution < 1.29 is 9.53 Å². The van der Waals surface area contributed by atoms with Crippen molar-refractivity contribution in [1.82, 2.24) is 14.5 Å². The van der Waals surface area contributed by atoms with E-state index in [-0.39, 0.29) is 23.3 Å². The molecule has 1 amide bonds. The molecule has 0 radical (unpaired) electrons. The summed E-state index contributed by atoms with van der Waals surface area (Å²) in [7, 11) is 0. The van der Waals surface area contributed by atoms with Crippen molar-refractivity contribution in [1.29, 1.82) is 0 Å². The average molecular weight is 379 g/mol. The Balaban J connectivity index is 1.44. The molecule has 2 atom stereocenters. The Bertz CT molecular complexity index is 934. The summed E-state index contributed by atoms with van der Waals surface area (Å²) in [4.78, 5) is 32.1. The lowest BCUT2D eigenvalue weighted by molar-refractivity contribution is -0.141. The summed E-state index contributed by atoms with van der Waals surface area (Å²) in [5.41, 5.74) is 2.98. The van der Waals surface area contributed by atoms with E-state index >= 15 is 0 Å². The summed E-state index contributed by atoms with van der Waals surface area (Å²) in [6.45, 7) is 3.55. The smallest absolute Gasteiger partial charge is 0.251 e. The number of aromatic nitrogens is 2. The first-order chi connectivity index (χ1) is 13.7. The fourth-order valence-electron chi connectivity index (χ4n) is 5.04. The van der Waals surface area contributed by atoms with Crippen LogP contribution in [0.15, 0.2) is 41.5 Å².